The summed E-state index contributed by atoms with van der Waals surface area (Å²) in [7, 11) is 0. The van der Waals surface area contributed by atoms with Crippen LogP contribution in [-0.4, -0.2) is 24.1 Å². The molecular weight excluding hydrogens is 496 g/mol. The number of hydrogen-bond acceptors (Lipinski definition) is 4. The van der Waals surface area contributed by atoms with Gasteiger partial charge >= 0.3 is 11.9 Å². The average Bonchev–Trinajstić information content (AvgIpc) is 3.37. The van der Waals surface area contributed by atoms with Gasteiger partial charge in [-0.1, -0.05) is 86.6 Å². The molecule has 40 heavy (non-hydrogen) atoms. The second-order valence-corrected chi connectivity index (χ2v) is 11.8. The van der Waals surface area contributed by atoms with Crippen LogP contribution in [0.1, 0.15) is 83.2 Å². The van der Waals surface area contributed by atoms with Gasteiger partial charge in [-0.25, -0.2) is 9.59 Å². The number of fused-ring (bicyclic) bond motifs is 2. The molecule has 3 saturated carbocycles. The number of carbonyl (C=O) groups is 2. The van der Waals surface area contributed by atoms with Crippen molar-refractivity contribution in [1.82, 2.24) is 0 Å². The fourth-order valence-corrected chi connectivity index (χ4v) is 8.65. The van der Waals surface area contributed by atoms with Gasteiger partial charge in [-0.2, -0.15) is 0 Å². The van der Waals surface area contributed by atoms with E-state index in [1.165, 1.54) is 21.9 Å². The van der Waals surface area contributed by atoms with Gasteiger partial charge in [0, 0.05) is 22.7 Å². The number of rotatable bonds is 6. The van der Waals surface area contributed by atoms with Gasteiger partial charge in [0.05, 0.1) is 11.1 Å². The summed E-state index contributed by atoms with van der Waals surface area (Å²) >= 11 is 0. The Kier molecular flexibility index (Phi) is 5.85. The van der Waals surface area contributed by atoms with Crippen LogP contribution in [0.4, 0.5) is 0 Å². The quantitative estimate of drug-likeness (QED) is 0.237. The molecule has 0 spiro atoms. The van der Waals surface area contributed by atoms with E-state index in [0.29, 0.717) is 11.1 Å². The molecule has 0 aliphatic heterocycles. The van der Waals surface area contributed by atoms with E-state index in [9.17, 15) is 9.59 Å². The Morgan fingerprint density at radius 3 is 1.45 bits per heavy atom. The Bertz CT molecular complexity index is 1480. The highest BCUT2D eigenvalue weighted by Gasteiger charge is 2.72. The standard InChI is InChI=1S/C36H34O4/c1-3-35-21-22-36(4-2,30-27-20-12-18-23-17-11-19-26(28(23)27)29(30)35)32(40-34(38)25-15-9-6-10-16-25)31(35)39-33(37)24-13-7-5-8-14-24/h5-20,29-32H,3-4,21-22H2,1-2H3. The molecule has 3 fully saturated rings. The Balaban J connectivity index is 1.42. The Morgan fingerprint density at radius 2 is 1.05 bits per heavy atom. The van der Waals surface area contributed by atoms with Crippen molar-refractivity contribution in [2.45, 2.75) is 63.6 Å². The van der Waals surface area contributed by atoms with Crippen molar-refractivity contribution < 1.29 is 19.1 Å². The van der Waals surface area contributed by atoms with Crippen molar-refractivity contribution in [2.75, 3.05) is 0 Å². The van der Waals surface area contributed by atoms with Crippen LogP contribution in [0.2, 0.25) is 0 Å². The van der Waals surface area contributed by atoms with Crippen LogP contribution < -0.4 is 0 Å². The van der Waals surface area contributed by atoms with Crippen LogP contribution in [0.15, 0.2) is 97.1 Å². The van der Waals surface area contributed by atoms with Crippen molar-refractivity contribution in [1.29, 1.82) is 0 Å². The Labute approximate surface area is 235 Å². The van der Waals surface area contributed by atoms with Crippen molar-refractivity contribution in [3.8, 4) is 0 Å². The van der Waals surface area contributed by atoms with Gasteiger partial charge in [-0.15, -0.1) is 0 Å². The molecule has 4 nitrogen and oxygen atoms in total. The highest BCUT2D eigenvalue weighted by atomic mass is 16.6. The van der Waals surface area contributed by atoms with Crippen LogP contribution in [0, 0.1) is 10.8 Å². The fourth-order valence-electron chi connectivity index (χ4n) is 8.65. The van der Waals surface area contributed by atoms with Crippen LogP contribution in [0.25, 0.3) is 10.8 Å². The molecule has 6 atom stereocenters. The zero-order valence-electron chi connectivity index (χ0n) is 23.0. The third-order valence-corrected chi connectivity index (χ3v) is 10.5. The monoisotopic (exact) mass is 530 g/mol. The molecule has 0 saturated heterocycles. The molecular formula is C36H34O4. The van der Waals surface area contributed by atoms with Gasteiger partial charge in [0.2, 0.25) is 0 Å². The van der Waals surface area contributed by atoms with Gasteiger partial charge in [0.15, 0.2) is 0 Å². The predicted octanol–water partition coefficient (Wildman–Crippen LogP) is 8.07. The minimum atomic E-state index is -0.558. The van der Waals surface area contributed by atoms with E-state index in [1.54, 1.807) is 24.3 Å². The normalized spacial score (nSPS) is 29.6. The third kappa shape index (κ3) is 3.38. The zero-order valence-corrected chi connectivity index (χ0v) is 23.0. The molecule has 4 aromatic carbocycles. The highest BCUT2D eigenvalue weighted by Crippen LogP contribution is 2.75. The summed E-state index contributed by atoms with van der Waals surface area (Å²) in [4.78, 5) is 27.4. The van der Waals surface area contributed by atoms with Crippen molar-refractivity contribution in [2.24, 2.45) is 10.8 Å². The summed E-state index contributed by atoms with van der Waals surface area (Å²) in [5.41, 5.74) is 3.02. The predicted molar refractivity (Wildman–Crippen MR) is 155 cm³/mol. The van der Waals surface area contributed by atoms with Gasteiger partial charge in [-0.3, -0.25) is 0 Å². The molecule has 4 heteroatoms. The van der Waals surface area contributed by atoms with Crippen molar-refractivity contribution >= 4 is 22.7 Å². The molecule has 4 aliphatic rings. The highest BCUT2D eigenvalue weighted by molar-refractivity contribution is 5.94. The number of carbonyl (C=O) groups excluding carboxylic acids is 2. The van der Waals surface area contributed by atoms with Crippen molar-refractivity contribution in [3.05, 3.63) is 119 Å². The van der Waals surface area contributed by atoms with Crippen LogP contribution in [0.5, 0.6) is 0 Å². The first-order chi connectivity index (χ1) is 19.5. The molecule has 0 N–H and O–H groups in total. The van der Waals surface area contributed by atoms with E-state index in [4.69, 9.17) is 9.47 Å². The van der Waals surface area contributed by atoms with E-state index in [0.717, 1.165) is 25.7 Å². The lowest BCUT2D eigenvalue weighted by atomic mass is 9.40. The number of hydrogen-bond donors (Lipinski definition) is 0. The Morgan fingerprint density at radius 1 is 0.625 bits per heavy atom. The van der Waals surface area contributed by atoms with Gasteiger partial charge in [0.25, 0.3) is 0 Å². The van der Waals surface area contributed by atoms with E-state index in [1.807, 2.05) is 36.4 Å². The summed E-state index contributed by atoms with van der Waals surface area (Å²) in [5, 5.41) is 2.58. The summed E-state index contributed by atoms with van der Waals surface area (Å²) in [5.74, 6) is -0.341. The molecule has 0 heterocycles. The molecule has 202 valence electrons. The zero-order chi connectivity index (χ0) is 27.5. The van der Waals surface area contributed by atoms with Crippen LogP contribution in [0.3, 0.4) is 0 Å². The molecule has 4 aromatic rings. The summed E-state index contributed by atoms with van der Waals surface area (Å²) in [6.07, 6.45) is 2.38. The molecule has 2 bridgehead atoms. The lowest BCUT2D eigenvalue weighted by molar-refractivity contribution is -0.223. The smallest absolute Gasteiger partial charge is 0.338 e. The topological polar surface area (TPSA) is 52.6 Å². The first-order valence-corrected chi connectivity index (χ1v) is 14.6. The molecule has 0 radical (unpaired) electrons. The van der Waals surface area contributed by atoms with E-state index in [-0.39, 0.29) is 34.6 Å². The number of esters is 2. The van der Waals surface area contributed by atoms with Crippen LogP contribution >= 0.6 is 0 Å². The third-order valence-electron chi connectivity index (χ3n) is 10.5. The van der Waals surface area contributed by atoms with E-state index < -0.39 is 12.2 Å². The average molecular weight is 531 g/mol. The minimum Gasteiger partial charge on any atom is -0.454 e. The lowest BCUT2D eigenvalue weighted by Gasteiger charge is -2.66. The van der Waals surface area contributed by atoms with Crippen molar-refractivity contribution in [3.63, 3.8) is 0 Å². The summed E-state index contributed by atoms with van der Waals surface area (Å²) in [6, 6.07) is 31.6. The van der Waals surface area contributed by atoms with Gasteiger partial charge < -0.3 is 9.47 Å². The number of ether oxygens (including phenoxy) is 2. The SMILES string of the molecule is CCC12CCC(CC)(C(OC(=O)c3ccccc3)C1OC(=O)c1ccccc1)C1c3cccc4cccc(c34)C12. The van der Waals surface area contributed by atoms with E-state index in [2.05, 4.69) is 50.2 Å². The van der Waals surface area contributed by atoms with Gasteiger partial charge in [0.1, 0.15) is 12.2 Å². The maximum absolute atomic E-state index is 13.7. The minimum absolute atomic E-state index is 0.188. The largest absolute Gasteiger partial charge is 0.454 e. The molecule has 6 unspecified atom stereocenters. The van der Waals surface area contributed by atoms with E-state index >= 15 is 0 Å². The second-order valence-electron chi connectivity index (χ2n) is 11.8. The summed E-state index contributed by atoms with van der Waals surface area (Å²) in [6.45, 7) is 4.42. The molecule has 0 aromatic heterocycles. The molecule has 8 rings (SSSR count). The molecule has 0 amide bonds. The maximum Gasteiger partial charge on any atom is 0.338 e. The Hall–Kier alpha value is -3.92. The summed E-state index contributed by atoms with van der Waals surface area (Å²) < 4.78 is 13.1. The molecule has 4 aliphatic carbocycles. The first kappa shape index (κ1) is 25.1. The lowest BCUT2D eigenvalue weighted by Crippen LogP contribution is -2.68. The number of benzene rings is 4. The maximum atomic E-state index is 13.7. The van der Waals surface area contributed by atoms with Gasteiger partial charge in [-0.05, 0) is 71.8 Å². The second kappa shape index (κ2) is 9.33. The first-order valence-electron chi connectivity index (χ1n) is 14.6. The fraction of sp³-hybridized carbons (Fsp3) is 0.333. The van der Waals surface area contributed by atoms with Crippen LogP contribution in [-0.2, 0) is 9.47 Å².